The lowest BCUT2D eigenvalue weighted by molar-refractivity contribution is -0.122. The van der Waals surface area contributed by atoms with Crippen molar-refractivity contribution in [1.29, 1.82) is 0 Å². The molecule has 2 heteroatoms. The van der Waals surface area contributed by atoms with Gasteiger partial charge in [0.25, 0.3) is 0 Å². The molecule has 0 saturated carbocycles. The van der Waals surface area contributed by atoms with Gasteiger partial charge in [-0.1, -0.05) is 36.8 Å². The Morgan fingerprint density at radius 2 is 2.20 bits per heavy atom. The van der Waals surface area contributed by atoms with Gasteiger partial charge in [-0.15, -0.1) is 0 Å². The van der Waals surface area contributed by atoms with Gasteiger partial charge in [-0.05, 0) is 18.9 Å². The van der Waals surface area contributed by atoms with Crippen LogP contribution in [0.3, 0.4) is 0 Å². The minimum Gasteiger partial charge on any atom is -0.374 e. The molecule has 0 bridgehead atoms. The number of hydrogen-bond donors (Lipinski definition) is 0. The van der Waals surface area contributed by atoms with Crippen molar-refractivity contribution in [3.05, 3.63) is 35.4 Å². The van der Waals surface area contributed by atoms with Crippen molar-refractivity contribution in [1.82, 2.24) is 0 Å². The summed E-state index contributed by atoms with van der Waals surface area (Å²) < 4.78 is 5.20. The average Bonchev–Trinajstić information content (AvgIpc) is 2.18. The van der Waals surface area contributed by atoms with Crippen LogP contribution in [-0.4, -0.2) is 19.0 Å². The van der Waals surface area contributed by atoms with Gasteiger partial charge in [-0.3, -0.25) is 4.79 Å². The molecule has 1 rings (SSSR count). The molecule has 0 N–H and O–H groups in total. The maximum absolute atomic E-state index is 11.5. The van der Waals surface area contributed by atoms with Crippen LogP contribution < -0.4 is 0 Å². The van der Waals surface area contributed by atoms with Crippen LogP contribution in [0.5, 0.6) is 0 Å². The number of carbonyl (C=O) groups excluding carboxylic acids is 1. The van der Waals surface area contributed by atoms with Crippen LogP contribution in [-0.2, 0) is 16.0 Å². The SMILES string of the molecule is CCCOCC(=O)Cc1cccc(C)c1. The van der Waals surface area contributed by atoms with Crippen LogP contribution in [0.1, 0.15) is 24.5 Å². The Labute approximate surface area is 91.3 Å². The number of aryl methyl sites for hydroxylation is 1. The van der Waals surface area contributed by atoms with E-state index in [1.165, 1.54) is 5.56 Å². The lowest BCUT2D eigenvalue weighted by atomic mass is 10.1. The molecule has 0 spiro atoms. The molecular weight excluding hydrogens is 188 g/mol. The minimum absolute atomic E-state index is 0.147. The highest BCUT2D eigenvalue weighted by Gasteiger charge is 2.03. The summed E-state index contributed by atoms with van der Waals surface area (Å²) in [7, 11) is 0. The maximum Gasteiger partial charge on any atom is 0.162 e. The third kappa shape index (κ3) is 4.75. The van der Waals surface area contributed by atoms with Gasteiger partial charge in [0, 0.05) is 13.0 Å². The highest BCUT2D eigenvalue weighted by molar-refractivity contribution is 5.82. The summed E-state index contributed by atoms with van der Waals surface area (Å²) in [6, 6.07) is 8.02. The van der Waals surface area contributed by atoms with E-state index in [-0.39, 0.29) is 12.4 Å². The third-order valence-electron chi connectivity index (χ3n) is 2.10. The summed E-state index contributed by atoms with van der Waals surface area (Å²) >= 11 is 0. The van der Waals surface area contributed by atoms with Crippen molar-refractivity contribution in [3.63, 3.8) is 0 Å². The van der Waals surface area contributed by atoms with Gasteiger partial charge in [0.2, 0.25) is 0 Å². The molecule has 15 heavy (non-hydrogen) atoms. The van der Waals surface area contributed by atoms with E-state index in [9.17, 15) is 4.79 Å². The molecule has 0 fully saturated rings. The molecule has 0 atom stereocenters. The van der Waals surface area contributed by atoms with Gasteiger partial charge in [-0.2, -0.15) is 0 Å². The summed E-state index contributed by atoms with van der Waals surface area (Å²) in [5.41, 5.74) is 2.26. The zero-order valence-corrected chi connectivity index (χ0v) is 9.45. The number of carbonyl (C=O) groups is 1. The first-order valence-electron chi connectivity index (χ1n) is 5.37. The van der Waals surface area contributed by atoms with Crippen molar-refractivity contribution >= 4 is 5.78 Å². The topological polar surface area (TPSA) is 26.3 Å². The monoisotopic (exact) mass is 206 g/mol. The van der Waals surface area contributed by atoms with Crippen molar-refractivity contribution in [2.75, 3.05) is 13.2 Å². The number of benzene rings is 1. The Kier molecular flexibility index (Phi) is 5.05. The molecule has 0 aromatic heterocycles. The van der Waals surface area contributed by atoms with E-state index in [1.807, 2.05) is 38.1 Å². The quantitative estimate of drug-likeness (QED) is 0.668. The number of ketones is 1. The molecule has 0 aliphatic heterocycles. The van der Waals surface area contributed by atoms with E-state index in [0.29, 0.717) is 13.0 Å². The smallest absolute Gasteiger partial charge is 0.162 e. The Morgan fingerprint density at radius 3 is 2.87 bits per heavy atom. The largest absolute Gasteiger partial charge is 0.374 e. The lowest BCUT2D eigenvalue weighted by Gasteiger charge is -2.03. The summed E-state index contributed by atoms with van der Waals surface area (Å²) in [6.07, 6.45) is 1.43. The number of Topliss-reactive ketones (excluding diaryl/α,β-unsaturated/α-hetero) is 1. The molecule has 0 amide bonds. The molecule has 1 aromatic carbocycles. The molecule has 82 valence electrons. The van der Waals surface area contributed by atoms with Gasteiger partial charge in [0.15, 0.2) is 5.78 Å². The summed E-state index contributed by atoms with van der Waals surface area (Å²) in [4.78, 5) is 11.5. The van der Waals surface area contributed by atoms with E-state index < -0.39 is 0 Å². The van der Waals surface area contributed by atoms with Gasteiger partial charge in [-0.25, -0.2) is 0 Å². The van der Waals surface area contributed by atoms with E-state index in [4.69, 9.17) is 4.74 Å². The zero-order valence-electron chi connectivity index (χ0n) is 9.45. The summed E-state index contributed by atoms with van der Waals surface area (Å²) in [5.74, 6) is 0.147. The second-order valence-corrected chi connectivity index (χ2v) is 3.76. The van der Waals surface area contributed by atoms with Crippen molar-refractivity contribution < 1.29 is 9.53 Å². The number of hydrogen-bond acceptors (Lipinski definition) is 2. The third-order valence-corrected chi connectivity index (χ3v) is 2.10. The molecule has 0 unspecified atom stereocenters. The number of ether oxygens (including phenoxy) is 1. The molecule has 0 heterocycles. The van der Waals surface area contributed by atoms with E-state index in [2.05, 4.69) is 0 Å². The van der Waals surface area contributed by atoms with Crippen LogP contribution in [0, 0.1) is 6.92 Å². The molecular formula is C13H18O2. The van der Waals surface area contributed by atoms with Crippen LogP contribution in [0.25, 0.3) is 0 Å². The minimum atomic E-state index is 0.147. The van der Waals surface area contributed by atoms with Gasteiger partial charge < -0.3 is 4.74 Å². The molecule has 0 aliphatic rings. The predicted molar refractivity (Wildman–Crippen MR) is 61.0 cm³/mol. The lowest BCUT2D eigenvalue weighted by Crippen LogP contribution is -2.11. The second kappa shape index (κ2) is 6.36. The maximum atomic E-state index is 11.5. The Hall–Kier alpha value is -1.15. The molecule has 0 aliphatic carbocycles. The van der Waals surface area contributed by atoms with Crippen LogP contribution in [0.2, 0.25) is 0 Å². The van der Waals surface area contributed by atoms with Crippen molar-refractivity contribution in [3.8, 4) is 0 Å². The molecule has 0 saturated heterocycles. The van der Waals surface area contributed by atoms with Crippen LogP contribution in [0.4, 0.5) is 0 Å². The van der Waals surface area contributed by atoms with E-state index >= 15 is 0 Å². The number of rotatable bonds is 6. The Bertz CT molecular complexity index is 318. The van der Waals surface area contributed by atoms with Gasteiger partial charge in [0.1, 0.15) is 6.61 Å². The summed E-state index contributed by atoms with van der Waals surface area (Å²) in [6.45, 7) is 4.97. The standard InChI is InChI=1S/C13H18O2/c1-3-7-15-10-13(14)9-12-6-4-5-11(2)8-12/h4-6,8H,3,7,9-10H2,1-2H3. The van der Waals surface area contributed by atoms with E-state index in [0.717, 1.165) is 12.0 Å². The average molecular weight is 206 g/mol. The van der Waals surface area contributed by atoms with Crippen molar-refractivity contribution in [2.45, 2.75) is 26.7 Å². The first kappa shape index (κ1) is 11.9. The second-order valence-electron chi connectivity index (χ2n) is 3.76. The zero-order chi connectivity index (χ0) is 11.1. The summed E-state index contributed by atoms with van der Waals surface area (Å²) in [5, 5.41) is 0. The fraction of sp³-hybridized carbons (Fsp3) is 0.462. The molecule has 2 nitrogen and oxygen atoms in total. The van der Waals surface area contributed by atoms with Gasteiger partial charge >= 0.3 is 0 Å². The fourth-order valence-corrected chi connectivity index (χ4v) is 1.43. The van der Waals surface area contributed by atoms with Crippen LogP contribution >= 0.6 is 0 Å². The highest BCUT2D eigenvalue weighted by atomic mass is 16.5. The fourth-order valence-electron chi connectivity index (χ4n) is 1.43. The first-order chi connectivity index (χ1) is 7.22. The first-order valence-corrected chi connectivity index (χ1v) is 5.37. The van der Waals surface area contributed by atoms with Crippen molar-refractivity contribution in [2.24, 2.45) is 0 Å². The highest BCUT2D eigenvalue weighted by Crippen LogP contribution is 2.05. The molecule has 1 aromatic rings. The predicted octanol–water partition coefficient (Wildman–Crippen LogP) is 2.53. The normalized spacial score (nSPS) is 10.3. The van der Waals surface area contributed by atoms with E-state index in [1.54, 1.807) is 0 Å². The van der Waals surface area contributed by atoms with Crippen LogP contribution in [0.15, 0.2) is 24.3 Å². The molecule has 0 radical (unpaired) electrons. The Morgan fingerprint density at radius 1 is 1.40 bits per heavy atom. The Balaban J connectivity index is 2.37. The van der Waals surface area contributed by atoms with Gasteiger partial charge in [0.05, 0.1) is 0 Å².